The first-order valence-corrected chi connectivity index (χ1v) is 7.68. The zero-order valence-corrected chi connectivity index (χ0v) is 12.4. The topological polar surface area (TPSA) is 24.9 Å². The summed E-state index contributed by atoms with van der Waals surface area (Å²) in [5.74, 6) is 0. The van der Waals surface area contributed by atoms with E-state index in [4.69, 9.17) is 11.6 Å². The fourth-order valence-electron chi connectivity index (χ4n) is 2.28. The van der Waals surface area contributed by atoms with Crippen molar-refractivity contribution < 1.29 is 13.2 Å². The van der Waals surface area contributed by atoms with E-state index in [9.17, 15) is 13.2 Å². The summed E-state index contributed by atoms with van der Waals surface area (Å²) in [6, 6.07) is 7.54. The molecule has 0 unspecified atom stereocenters. The molecule has 2 aromatic rings. The number of nitrogens with zero attached hydrogens (tertiary/aromatic N) is 1. The SMILES string of the molecule is FC(F)(F)c1csc(CNC2(c3ccccc3Cl)CC2)n1. The van der Waals surface area contributed by atoms with E-state index >= 15 is 0 Å². The molecule has 1 aromatic heterocycles. The standard InChI is InChI=1S/C14H12ClF3N2S/c15-10-4-2-1-3-9(10)13(5-6-13)19-7-12-20-11(8-21-12)14(16,17)18/h1-4,8,19H,5-7H2. The fraction of sp³-hybridized carbons (Fsp3) is 0.357. The van der Waals surface area contributed by atoms with Crippen molar-refractivity contribution in [1.29, 1.82) is 0 Å². The third kappa shape index (κ3) is 3.07. The molecule has 21 heavy (non-hydrogen) atoms. The Bertz CT molecular complexity index is 650. The van der Waals surface area contributed by atoms with Gasteiger partial charge in [0.25, 0.3) is 0 Å². The molecular weight excluding hydrogens is 321 g/mol. The van der Waals surface area contributed by atoms with Gasteiger partial charge in [-0.25, -0.2) is 4.98 Å². The molecule has 0 radical (unpaired) electrons. The van der Waals surface area contributed by atoms with Crippen LogP contribution in [0.15, 0.2) is 29.6 Å². The Morgan fingerprint density at radius 3 is 2.57 bits per heavy atom. The molecule has 2 nitrogen and oxygen atoms in total. The fourth-order valence-corrected chi connectivity index (χ4v) is 3.34. The van der Waals surface area contributed by atoms with Crippen molar-refractivity contribution in [1.82, 2.24) is 10.3 Å². The monoisotopic (exact) mass is 332 g/mol. The van der Waals surface area contributed by atoms with Crippen LogP contribution in [0.5, 0.6) is 0 Å². The van der Waals surface area contributed by atoms with Crippen LogP contribution in [0, 0.1) is 0 Å². The highest BCUT2D eigenvalue weighted by molar-refractivity contribution is 7.09. The molecule has 0 amide bonds. The molecular formula is C14H12ClF3N2S. The lowest BCUT2D eigenvalue weighted by atomic mass is 10.1. The predicted molar refractivity (Wildman–Crippen MR) is 76.3 cm³/mol. The Hall–Kier alpha value is -1.11. The van der Waals surface area contributed by atoms with Crippen LogP contribution in [-0.4, -0.2) is 4.98 Å². The normalized spacial score (nSPS) is 17.0. The second-order valence-corrected chi connectivity index (χ2v) is 6.39. The predicted octanol–water partition coefficient (Wildman–Crippen LogP) is 4.59. The summed E-state index contributed by atoms with van der Waals surface area (Å²) in [5, 5.41) is 5.46. The van der Waals surface area contributed by atoms with Gasteiger partial charge in [-0.2, -0.15) is 13.2 Å². The van der Waals surface area contributed by atoms with Crippen LogP contribution >= 0.6 is 22.9 Å². The third-order valence-electron chi connectivity index (χ3n) is 3.56. The summed E-state index contributed by atoms with van der Waals surface area (Å²) in [4.78, 5) is 3.63. The van der Waals surface area contributed by atoms with Gasteiger partial charge >= 0.3 is 6.18 Å². The van der Waals surface area contributed by atoms with Crippen LogP contribution in [0.4, 0.5) is 13.2 Å². The van der Waals surface area contributed by atoms with E-state index in [1.54, 1.807) is 0 Å². The Morgan fingerprint density at radius 2 is 2.00 bits per heavy atom. The minimum Gasteiger partial charge on any atom is -0.301 e. The van der Waals surface area contributed by atoms with Crippen molar-refractivity contribution in [3.8, 4) is 0 Å². The van der Waals surface area contributed by atoms with E-state index < -0.39 is 11.9 Å². The van der Waals surface area contributed by atoms with E-state index in [1.165, 1.54) is 0 Å². The number of benzene rings is 1. The zero-order valence-electron chi connectivity index (χ0n) is 10.9. The summed E-state index contributed by atoms with van der Waals surface area (Å²) in [5.41, 5.74) is -0.0475. The van der Waals surface area contributed by atoms with Crippen LogP contribution < -0.4 is 5.32 Å². The lowest BCUT2D eigenvalue weighted by molar-refractivity contribution is -0.140. The molecule has 0 atom stereocenters. The Balaban J connectivity index is 1.71. The minimum atomic E-state index is -4.38. The number of hydrogen-bond donors (Lipinski definition) is 1. The number of rotatable bonds is 4. The molecule has 0 saturated heterocycles. The summed E-state index contributed by atoms with van der Waals surface area (Å²) in [6.45, 7) is 0.311. The first-order valence-electron chi connectivity index (χ1n) is 6.42. The van der Waals surface area contributed by atoms with Crippen molar-refractivity contribution in [2.45, 2.75) is 31.1 Å². The lowest BCUT2D eigenvalue weighted by Gasteiger charge is -2.18. The second kappa shape index (κ2) is 5.26. The second-order valence-electron chi connectivity index (χ2n) is 5.04. The molecule has 1 heterocycles. The van der Waals surface area contributed by atoms with Crippen LogP contribution in [-0.2, 0) is 18.3 Å². The summed E-state index contributed by atoms with van der Waals surface area (Å²) in [7, 11) is 0. The average molecular weight is 333 g/mol. The minimum absolute atomic E-state index is 0.220. The highest BCUT2D eigenvalue weighted by atomic mass is 35.5. The van der Waals surface area contributed by atoms with Gasteiger partial charge in [-0.1, -0.05) is 29.8 Å². The van der Waals surface area contributed by atoms with Gasteiger partial charge in [-0.3, -0.25) is 0 Å². The number of nitrogens with one attached hydrogen (secondary N) is 1. The summed E-state index contributed by atoms with van der Waals surface area (Å²) >= 11 is 7.21. The molecule has 1 fully saturated rings. The molecule has 112 valence electrons. The molecule has 3 rings (SSSR count). The molecule has 1 saturated carbocycles. The molecule has 7 heteroatoms. The van der Waals surface area contributed by atoms with Crippen LogP contribution in [0.1, 0.15) is 29.1 Å². The van der Waals surface area contributed by atoms with Gasteiger partial charge in [0.15, 0.2) is 5.69 Å². The first kappa shape index (κ1) is 14.8. The Morgan fingerprint density at radius 1 is 1.29 bits per heavy atom. The molecule has 1 aromatic carbocycles. The number of aromatic nitrogens is 1. The molecule has 1 aliphatic carbocycles. The smallest absolute Gasteiger partial charge is 0.301 e. The largest absolute Gasteiger partial charge is 0.434 e. The van der Waals surface area contributed by atoms with Gasteiger partial charge in [0.2, 0.25) is 0 Å². The van der Waals surface area contributed by atoms with Crippen LogP contribution in [0.3, 0.4) is 0 Å². The Labute approximate surface area is 129 Å². The zero-order chi connectivity index (χ0) is 15.1. The van der Waals surface area contributed by atoms with Crippen molar-refractivity contribution >= 4 is 22.9 Å². The van der Waals surface area contributed by atoms with E-state index in [0.29, 0.717) is 16.6 Å². The summed E-state index contributed by atoms with van der Waals surface area (Å²) in [6.07, 6.45) is -2.53. The quantitative estimate of drug-likeness (QED) is 0.885. The number of alkyl halides is 3. The van der Waals surface area contributed by atoms with Gasteiger partial charge in [0.1, 0.15) is 5.01 Å². The van der Waals surface area contributed by atoms with Crippen molar-refractivity contribution in [2.24, 2.45) is 0 Å². The van der Waals surface area contributed by atoms with Crippen molar-refractivity contribution in [3.05, 3.63) is 50.9 Å². The van der Waals surface area contributed by atoms with E-state index in [2.05, 4.69) is 10.3 Å². The van der Waals surface area contributed by atoms with Crippen LogP contribution in [0.2, 0.25) is 5.02 Å². The summed E-state index contributed by atoms with van der Waals surface area (Å²) < 4.78 is 37.5. The molecule has 1 aliphatic rings. The molecule has 0 aliphatic heterocycles. The number of hydrogen-bond acceptors (Lipinski definition) is 3. The first-order chi connectivity index (χ1) is 9.91. The highest BCUT2D eigenvalue weighted by Crippen LogP contribution is 2.48. The molecule has 0 bridgehead atoms. The Kier molecular flexibility index (Phi) is 3.71. The number of thiazole rings is 1. The van der Waals surface area contributed by atoms with Gasteiger partial charge in [-0.15, -0.1) is 11.3 Å². The van der Waals surface area contributed by atoms with Gasteiger partial charge < -0.3 is 5.32 Å². The maximum atomic E-state index is 12.5. The van der Waals surface area contributed by atoms with Crippen molar-refractivity contribution in [2.75, 3.05) is 0 Å². The maximum Gasteiger partial charge on any atom is 0.434 e. The van der Waals surface area contributed by atoms with E-state index in [0.717, 1.165) is 35.1 Å². The third-order valence-corrected chi connectivity index (χ3v) is 4.74. The van der Waals surface area contributed by atoms with Crippen LogP contribution in [0.25, 0.3) is 0 Å². The van der Waals surface area contributed by atoms with E-state index in [1.807, 2.05) is 24.3 Å². The maximum absolute atomic E-state index is 12.5. The average Bonchev–Trinajstić information content (AvgIpc) is 3.04. The van der Waals surface area contributed by atoms with Crippen molar-refractivity contribution in [3.63, 3.8) is 0 Å². The molecule has 1 N–H and O–H groups in total. The molecule has 0 spiro atoms. The highest BCUT2D eigenvalue weighted by Gasteiger charge is 2.45. The van der Waals surface area contributed by atoms with Gasteiger partial charge in [-0.05, 0) is 24.5 Å². The van der Waals surface area contributed by atoms with Gasteiger partial charge in [0.05, 0.1) is 0 Å². The van der Waals surface area contributed by atoms with Gasteiger partial charge in [0, 0.05) is 22.5 Å². The lowest BCUT2D eigenvalue weighted by Crippen LogP contribution is -2.28. The number of halogens is 4. The van der Waals surface area contributed by atoms with E-state index in [-0.39, 0.29) is 5.54 Å².